The summed E-state index contributed by atoms with van der Waals surface area (Å²) < 4.78 is 22.8. The molecule has 2 nitrogen and oxygen atoms in total. The van der Waals surface area contributed by atoms with Crippen LogP contribution in [0.3, 0.4) is 0 Å². The molecule has 0 spiro atoms. The van der Waals surface area contributed by atoms with Crippen LogP contribution in [0.1, 0.15) is 34.6 Å². The minimum atomic E-state index is -3.00. The van der Waals surface area contributed by atoms with E-state index in [0.29, 0.717) is 4.91 Å². The van der Waals surface area contributed by atoms with Gasteiger partial charge in [-0.1, -0.05) is 5.57 Å². The highest BCUT2D eigenvalue weighted by Crippen LogP contribution is 2.15. The summed E-state index contributed by atoms with van der Waals surface area (Å²) >= 11 is 0. The SMILES string of the molecule is CC(C)=C(C)S(=O)(=O)C(C)C. The Balaban J connectivity index is 5.05. The van der Waals surface area contributed by atoms with Crippen molar-refractivity contribution in [2.24, 2.45) is 0 Å². The zero-order valence-corrected chi connectivity index (χ0v) is 8.62. The summed E-state index contributed by atoms with van der Waals surface area (Å²) in [7, 11) is -3.00. The number of hydrogen-bond donors (Lipinski definition) is 0. The van der Waals surface area contributed by atoms with E-state index in [1.165, 1.54) is 0 Å². The van der Waals surface area contributed by atoms with Gasteiger partial charge in [0, 0.05) is 4.91 Å². The molecule has 0 heterocycles. The third-order valence-electron chi connectivity index (χ3n) is 1.75. The van der Waals surface area contributed by atoms with Crippen LogP contribution in [0.4, 0.5) is 0 Å². The van der Waals surface area contributed by atoms with Crippen LogP contribution in [0.5, 0.6) is 0 Å². The van der Waals surface area contributed by atoms with Crippen molar-refractivity contribution in [1.29, 1.82) is 0 Å². The highest BCUT2D eigenvalue weighted by molar-refractivity contribution is 7.95. The van der Waals surface area contributed by atoms with Crippen molar-refractivity contribution in [2.75, 3.05) is 0 Å². The van der Waals surface area contributed by atoms with Gasteiger partial charge in [-0.15, -0.1) is 0 Å². The van der Waals surface area contributed by atoms with Crippen LogP contribution in [0, 0.1) is 0 Å². The van der Waals surface area contributed by atoms with Gasteiger partial charge in [0.25, 0.3) is 0 Å². The Morgan fingerprint density at radius 1 is 1.09 bits per heavy atom. The van der Waals surface area contributed by atoms with E-state index in [1.54, 1.807) is 20.8 Å². The van der Waals surface area contributed by atoms with Gasteiger partial charge in [-0.25, -0.2) is 8.42 Å². The van der Waals surface area contributed by atoms with Crippen molar-refractivity contribution in [3.8, 4) is 0 Å². The lowest BCUT2D eigenvalue weighted by Gasteiger charge is -2.08. The fourth-order valence-corrected chi connectivity index (χ4v) is 1.91. The topological polar surface area (TPSA) is 34.1 Å². The van der Waals surface area contributed by atoms with Crippen molar-refractivity contribution in [1.82, 2.24) is 0 Å². The summed E-state index contributed by atoms with van der Waals surface area (Å²) in [4.78, 5) is 0.507. The highest BCUT2D eigenvalue weighted by Gasteiger charge is 2.18. The first-order chi connectivity index (χ1) is 4.80. The Labute approximate surface area is 69.2 Å². The Morgan fingerprint density at radius 3 is 1.55 bits per heavy atom. The van der Waals surface area contributed by atoms with Crippen molar-refractivity contribution in [2.45, 2.75) is 39.9 Å². The number of hydrogen-bond acceptors (Lipinski definition) is 2. The predicted octanol–water partition coefficient (Wildman–Crippen LogP) is 2.12. The molecule has 0 fully saturated rings. The molecule has 0 radical (unpaired) electrons. The molecule has 0 saturated heterocycles. The molecule has 0 bridgehead atoms. The van der Waals surface area contributed by atoms with Crippen molar-refractivity contribution >= 4 is 9.84 Å². The van der Waals surface area contributed by atoms with Crippen LogP contribution < -0.4 is 0 Å². The minimum Gasteiger partial charge on any atom is -0.224 e. The van der Waals surface area contributed by atoms with Crippen LogP contribution in [0.25, 0.3) is 0 Å². The highest BCUT2D eigenvalue weighted by atomic mass is 32.2. The molecule has 66 valence electrons. The van der Waals surface area contributed by atoms with Crippen LogP contribution >= 0.6 is 0 Å². The van der Waals surface area contributed by atoms with Gasteiger partial charge in [0.15, 0.2) is 9.84 Å². The molecule has 0 atom stereocenters. The van der Waals surface area contributed by atoms with E-state index in [1.807, 2.05) is 13.8 Å². The predicted molar refractivity (Wildman–Crippen MR) is 48.1 cm³/mol. The van der Waals surface area contributed by atoms with Gasteiger partial charge < -0.3 is 0 Å². The van der Waals surface area contributed by atoms with Gasteiger partial charge in [0.05, 0.1) is 5.25 Å². The lowest BCUT2D eigenvalue weighted by atomic mass is 10.3. The summed E-state index contributed by atoms with van der Waals surface area (Å²) in [6.07, 6.45) is 0. The molecule has 0 rings (SSSR count). The fraction of sp³-hybridized carbons (Fsp3) is 0.750. The lowest BCUT2D eigenvalue weighted by Crippen LogP contribution is -2.15. The second-order valence-corrected chi connectivity index (χ2v) is 5.80. The van der Waals surface area contributed by atoms with Gasteiger partial charge in [-0.05, 0) is 34.6 Å². The third kappa shape index (κ3) is 2.33. The Bertz CT molecular complexity index is 254. The van der Waals surface area contributed by atoms with Crippen LogP contribution in [0.15, 0.2) is 10.5 Å². The summed E-state index contributed by atoms with van der Waals surface area (Å²) in [6.45, 7) is 8.68. The average Bonchev–Trinajstić information content (AvgIpc) is 1.85. The largest absolute Gasteiger partial charge is 0.224 e. The Hall–Kier alpha value is -0.310. The summed E-state index contributed by atoms with van der Waals surface area (Å²) in [6, 6.07) is 0. The molecular formula is C8H16O2S. The first kappa shape index (κ1) is 10.7. The van der Waals surface area contributed by atoms with Crippen molar-refractivity contribution in [3.63, 3.8) is 0 Å². The number of rotatable bonds is 2. The standard InChI is InChI=1S/C8H16O2S/c1-6(2)8(5)11(9,10)7(3)4/h7H,1-5H3. The molecule has 0 amide bonds. The quantitative estimate of drug-likeness (QED) is 0.646. The fourth-order valence-electron chi connectivity index (χ4n) is 0.638. The molecule has 0 saturated carbocycles. The molecule has 3 heteroatoms. The maximum atomic E-state index is 11.4. The van der Waals surface area contributed by atoms with Gasteiger partial charge >= 0.3 is 0 Å². The first-order valence-electron chi connectivity index (χ1n) is 3.68. The van der Waals surface area contributed by atoms with Gasteiger partial charge in [-0.2, -0.15) is 0 Å². The molecule has 0 aromatic carbocycles. The molecule has 0 aliphatic heterocycles. The van der Waals surface area contributed by atoms with Crippen LogP contribution in [-0.4, -0.2) is 13.7 Å². The third-order valence-corrected chi connectivity index (χ3v) is 4.25. The summed E-state index contributed by atoms with van der Waals surface area (Å²) in [5, 5.41) is -0.308. The zero-order chi connectivity index (χ0) is 9.23. The molecule has 0 aliphatic rings. The molecule has 11 heavy (non-hydrogen) atoms. The van der Waals surface area contributed by atoms with E-state index < -0.39 is 9.84 Å². The van der Waals surface area contributed by atoms with Gasteiger partial charge in [-0.3, -0.25) is 0 Å². The molecule has 0 N–H and O–H groups in total. The average molecular weight is 176 g/mol. The second-order valence-electron chi connectivity index (χ2n) is 3.15. The Kier molecular flexibility index (Phi) is 3.30. The zero-order valence-electron chi connectivity index (χ0n) is 7.80. The maximum Gasteiger partial charge on any atom is 0.176 e. The van der Waals surface area contributed by atoms with Crippen LogP contribution in [0.2, 0.25) is 0 Å². The lowest BCUT2D eigenvalue weighted by molar-refractivity contribution is 0.593. The maximum absolute atomic E-state index is 11.4. The van der Waals surface area contributed by atoms with Gasteiger partial charge in [0.1, 0.15) is 0 Å². The van der Waals surface area contributed by atoms with E-state index >= 15 is 0 Å². The summed E-state index contributed by atoms with van der Waals surface area (Å²) in [5.41, 5.74) is 0.874. The molecule has 0 aromatic heterocycles. The first-order valence-corrected chi connectivity index (χ1v) is 5.22. The summed E-state index contributed by atoms with van der Waals surface area (Å²) in [5.74, 6) is 0. The van der Waals surface area contributed by atoms with Crippen molar-refractivity contribution < 1.29 is 8.42 Å². The monoisotopic (exact) mass is 176 g/mol. The van der Waals surface area contributed by atoms with Crippen LogP contribution in [-0.2, 0) is 9.84 Å². The molecule has 0 aliphatic carbocycles. The Morgan fingerprint density at radius 2 is 1.45 bits per heavy atom. The number of sulfone groups is 1. The van der Waals surface area contributed by atoms with E-state index in [0.717, 1.165) is 5.57 Å². The second kappa shape index (κ2) is 3.39. The van der Waals surface area contributed by atoms with E-state index in [4.69, 9.17) is 0 Å². The molecule has 0 unspecified atom stereocenters. The molecular weight excluding hydrogens is 160 g/mol. The van der Waals surface area contributed by atoms with E-state index in [2.05, 4.69) is 0 Å². The van der Waals surface area contributed by atoms with E-state index in [-0.39, 0.29) is 5.25 Å². The minimum absolute atomic E-state index is 0.308. The normalized spacial score (nSPS) is 11.8. The van der Waals surface area contributed by atoms with Crippen molar-refractivity contribution in [3.05, 3.63) is 10.5 Å². The van der Waals surface area contributed by atoms with E-state index in [9.17, 15) is 8.42 Å². The smallest absolute Gasteiger partial charge is 0.176 e. The van der Waals surface area contributed by atoms with Gasteiger partial charge in [0.2, 0.25) is 0 Å². The number of allylic oxidation sites excluding steroid dienone is 2. The molecule has 0 aromatic rings.